The molecule has 0 aliphatic carbocycles. The van der Waals surface area contributed by atoms with Crippen LogP contribution < -0.4 is 15.4 Å². The fraction of sp³-hybridized carbons (Fsp3) is 0.609. The minimum absolute atomic E-state index is 0.0503. The number of hydrogen-bond acceptors (Lipinski definition) is 5. The zero-order valence-electron chi connectivity index (χ0n) is 17.4. The van der Waals surface area contributed by atoms with Crippen LogP contribution in [0, 0.1) is 0 Å². The smallest absolute Gasteiger partial charge is 0.261 e. The molecule has 1 aromatic heterocycles. The molecule has 1 amide bonds. The van der Waals surface area contributed by atoms with Gasteiger partial charge in [-0.3, -0.25) is 4.79 Å². The van der Waals surface area contributed by atoms with Crippen molar-refractivity contribution < 1.29 is 9.53 Å². The molecule has 0 radical (unpaired) electrons. The molecule has 2 fully saturated rings. The molecule has 5 nitrogen and oxygen atoms in total. The van der Waals surface area contributed by atoms with Crippen molar-refractivity contribution >= 4 is 27.3 Å². The van der Waals surface area contributed by atoms with Crippen LogP contribution in [0.1, 0.15) is 54.6 Å². The second-order valence-corrected chi connectivity index (χ2v) is 9.44. The average molecular weight is 416 g/mol. The number of fused-ring (bicyclic) bond motifs is 1. The first-order valence-electron chi connectivity index (χ1n) is 11.1. The predicted molar refractivity (Wildman–Crippen MR) is 120 cm³/mol. The molecule has 6 heteroatoms. The number of thiophene rings is 1. The van der Waals surface area contributed by atoms with E-state index in [0.717, 1.165) is 46.6 Å². The highest BCUT2D eigenvalue weighted by molar-refractivity contribution is 7.20. The molecule has 3 heterocycles. The Labute approximate surface area is 177 Å². The third-order valence-corrected chi connectivity index (χ3v) is 7.44. The summed E-state index contributed by atoms with van der Waals surface area (Å²) in [7, 11) is 1.67. The van der Waals surface area contributed by atoms with Crippen LogP contribution in [-0.4, -0.2) is 56.2 Å². The molecular formula is C23H33N3O2S. The number of ether oxygens (including phenoxy) is 1. The van der Waals surface area contributed by atoms with Crippen LogP contribution in [0.25, 0.3) is 10.1 Å². The Morgan fingerprint density at radius 3 is 2.93 bits per heavy atom. The number of nitrogens with one attached hydrogen (secondary N) is 2. The summed E-state index contributed by atoms with van der Waals surface area (Å²) in [5.74, 6) is 0.878. The van der Waals surface area contributed by atoms with E-state index in [2.05, 4.69) is 15.5 Å². The Morgan fingerprint density at radius 2 is 2.10 bits per heavy atom. The Hall–Kier alpha value is -1.63. The largest absolute Gasteiger partial charge is 0.496 e. The van der Waals surface area contributed by atoms with Crippen molar-refractivity contribution in [2.45, 2.75) is 57.0 Å². The molecular weight excluding hydrogens is 382 g/mol. The zero-order valence-corrected chi connectivity index (χ0v) is 18.2. The van der Waals surface area contributed by atoms with Crippen LogP contribution in [-0.2, 0) is 0 Å². The van der Waals surface area contributed by atoms with Gasteiger partial charge in [0, 0.05) is 35.3 Å². The molecule has 2 aliphatic rings. The van der Waals surface area contributed by atoms with Gasteiger partial charge >= 0.3 is 0 Å². The normalized spacial score (nSPS) is 21.8. The fourth-order valence-electron chi connectivity index (χ4n) is 4.57. The maximum absolute atomic E-state index is 12.8. The average Bonchev–Trinajstić information content (AvgIpc) is 3.02. The first-order chi connectivity index (χ1) is 14.2. The quantitative estimate of drug-likeness (QED) is 0.748. The van der Waals surface area contributed by atoms with E-state index in [0.29, 0.717) is 6.04 Å². The van der Waals surface area contributed by atoms with Gasteiger partial charge in [-0.15, -0.1) is 11.3 Å². The minimum atomic E-state index is 0.0503. The lowest BCUT2D eigenvalue weighted by Gasteiger charge is -2.33. The molecule has 2 aliphatic heterocycles. The van der Waals surface area contributed by atoms with Gasteiger partial charge in [-0.1, -0.05) is 18.9 Å². The molecule has 2 N–H and O–H groups in total. The molecule has 0 saturated carbocycles. The van der Waals surface area contributed by atoms with Crippen molar-refractivity contribution in [2.75, 3.05) is 33.3 Å². The van der Waals surface area contributed by atoms with Crippen LogP contribution in [0.15, 0.2) is 24.3 Å². The molecule has 0 bridgehead atoms. The van der Waals surface area contributed by atoms with Gasteiger partial charge in [0.15, 0.2) is 0 Å². The van der Waals surface area contributed by atoms with Gasteiger partial charge in [0.25, 0.3) is 5.91 Å². The number of hydrogen-bond donors (Lipinski definition) is 2. The number of rotatable bonds is 6. The highest BCUT2D eigenvalue weighted by atomic mass is 32.1. The first-order valence-corrected chi connectivity index (χ1v) is 11.9. The van der Waals surface area contributed by atoms with E-state index in [-0.39, 0.29) is 11.9 Å². The fourth-order valence-corrected chi connectivity index (χ4v) is 5.55. The predicted octanol–water partition coefficient (Wildman–Crippen LogP) is 4.03. The molecule has 2 aromatic rings. The lowest BCUT2D eigenvalue weighted by molar-refractivity contribution is 0.0914. The Kier molecular flexibility index (Phi) is 7.06. The number of amides is 1. The van der Waals surface area contributed by atoms with Crippen molar-refractivity contribution in [3.05, 3.63) is 29.1 Å². The van der Waals surface area contributed by atoms with E-state index < -0.39 is 0 Å². The van der Waals surface area contributed by atoms with Crippen LogP contribution in [0.3, 0.4) is 0 Å². The van der Waals surface area contributed by atoms with Crippen molar-refractivity contribution in [2.24, 2.45) is 0 Å². The van der Waals surface area contributed by atoms with Gasteiger partial charge < -0.3 is 20.3 Å². The van der Waals surface area contributed by atoms with Crippen LogP contribution in [0.4, 0.5) is 0 Å². The van der Waals surface area contributed by atoms with E-state index in [9.17, 15) is 4.79 Å². The van der Waals surface area contributed by atoms with Gasteiger partial charge in [-0.2, -0.15) is 0 Å². The molecule has 1 unspecified atom stereocenters. The van der Waals surface area contributed by atoms with Crippen molar-refractivity contribution in [3.8, 4) is 5.75 Å². The van der Waals surface area contributed by atoms with Crippen LogP contribution in [0.5, 0.6) is 5.75 Å². The van der Waals surface area contributed by atoms with E-state index in [4.69, 9.17) is 4.74 Å². The topological polar surface area (TPSA) is 53.6 Å². The van der Waals surface area contributed by atoms with Gasteiger partial charge in [-0.25, -0.2) is 0 Å². The van der Waals surface area contributed by atoms with Crippen molar-refractivity contribution in [1.29, 1.82) is 0 Å². The van der Waals surface area contributed by atoms with E-state index >= 15 is 0 Å². The Balaban J connectivity index is 1.24. The monoisotopic (exact) mass is 415 g/mol. The molecule has 1 atom stereocenters. The second-order valence-electron chi connectivity index (χ2n) is 8.36. The molecule has 158 valence electrons. The molecule has 1 aromatic carbocycles. The summed E-state index contributed by atoms with van der Waals surface area (Å²) < 4.78 is 6.51. The summed E-state index contributed by atoms with van der Waals surface area (Å²) in [6.45, 7) is 4.52. The summed E-state index contributed by atoms with van der Waals surface area (Å²) in [5.41, 5.74) is 0. The number of piperidine rings is 1. The number of likely N-dealkylation sites (tertiary alicyclic amines) is 1. The lowest BCUT2D eigenvalue weighted by Crippen LogP contribution is -2.45. The molecule has 4 rings (SSSR count). The lowest BCUT2D eigenvalue weighted by atomic mass is 10.0. The summed E-state index contributed by atoms with van der Waals surface area (Å²) in [5, 5.41) is 7.98. The number of nitrogens with zero attached hydrogens (tertiary/aromatic N) is 1. The van der Waals surface area contributed by atoms with Crippen LogP contribution >= 0.6 is 11.3 Å². The van der Waals surface area contributed by atoms with Crippen molar-refractivity contribution in [1.82, 2.24) is 15.5 Å². The summed E-state index contributed by atoms with van der Waals surface area (Å²) >= 11 is 1.54. The molecule has 0 spiro atoms. The SMILES string of the molecule is COc1cccc2sc(C(=O)NC3CCN(CCC4CCCCCN4)CC3)cc12. The second kappa shape index (κ2) is 9.92. The maximum atomic E-state index is 12.8. The summed E-state index contributed by atoms with van der Waals surface area (Å²) in [6.07, 6.45) is 8.73. The highest BCUT2D eigenvalue weighted by Gasteiger charge is 2.23. The number of carbonyl (C=O) groups is 1. The van der Waals surface area contributed by atoms with Gasteiger partial charge in [0.1, 0.15) is 5.75 Å². The van der Waals surface area contributed by atoms with Gasteiger partial charge in [0.2, 0.25) is 0 Å². The minimum Gasteiger partial charge on any atom is -0.496 e. The number of carbonyl (C=O) groups excluding carboxylic acids is 1. The molecule has 29 heavy (non-hydrogen) atoms. The van der Waals surface area contributed by atoms with Crippen molar-refractivity contribution in [3.63, 3.8) is 0 Å². The van der Waals surface area contributed by atoms with Gasteiger partial charge in [0.05, 0.1) is 12.0 Å². The number of benzene rings is 1. The van der Waals surface area contributed by atoms with E-state index in [1.54, 1.807) is 18.4 Å². The third-order valence-electron chi connectivity index (χ3n) is 6.34. The highest BCUT2D eigenvalue weighted by Crippen LogP contribution is 2.32. The Bertz CT molecular complexity index is 806. The van der Waals surface area contributed by atoms with E-state index in [1.165, 1.54) is 45.2 Å². The number of methoxy groups -OCH3 is 1. The Morgan fingerprint density at radius 1 is 1.24 bits per heavy atom. The zero-order chi connectivity index (χ0) is 20.1. The molecule has 2 saturated heterocycles. The van der Waals surface area contributed by atoms with Gasteiger partial charge in [-0.05, 0) is 63.4 Å². The third kappa shape index (κ3) is 5.30. The first kappa shape index (κ1) is 20.6. The standard InChI is InChI=1S/C23H33N3O2S/c1-28-20-7-5-8-21-19(20)16-22(29-21)23(27)25-18-10-14-26(15-11-18)13-9-17-6-3-2-4-12-24-17/h5,7-8,16-18,24H,2-4,6,9-15H2,1H3,(H,25,27). The maximum Gasteiger partial charge on any atom is 0.261 e. The van der Waals surface area contributed by atoms with E-state index in [1.807, 2.05) is 24.3 Å². The van der Waals surface area contributed by atoms with Crippen LogP contribution in [0.2, 0.25) is 0 Å². The summed E-state index contributed by atoms with van der Waals surface area (Å²) in [4.78, 5) is 16.1. The summed E-state index contributed by atoms with van der Waals surface area (Å²) in [6, 6.07) is 8.89.